The lowest BCUT2D eigenvalue weighted by molar-refractivity contribution is -0.120. The fourth-order valence-electron chi connectivity index (χ4n) is 1.58. The number of likely N-dealkylation sites (N-methyl/N-ethyl adjacent to an activating group) is 1. The van der Waals surface area contributed by atoms with E-state index in [-0.39, 0.29) is 24.1 Å². The molecule has 1 rings (SSSR count). The number of carbonyl (C=O) groups excluding carboxylic acids is 2. The van der Waals surface area contributed by atoms with Gasteiger partial charge in [-0.05, 0) is 24.6 Å². The summed E-state index contributed by atoms with van der Waals surface area (Å²) >= 11 is 0. The zero-order valence-corrected chi connectivity index (χ0v) is 12.3. The molecule has 20 heavy (non-hydrogen) atoms. The topological polar surface area (TPSA) is 92.3 Å². The van der Waals surface area contributed by atoms with Crippen LogP contribution in [0, 0.1) is 0 Å². The summed E-state index contributed by atoms with van der Waals surface area (Å²) < 4.78 is 22.3. The molecule has 2 amide bonds. The average molecular weight is 298 g/mol. The number of benzene rings is 1. The van der Waals surface area contributed by atoms with Crippen molar-refractivity contribution in [2.75, 3.05) is 19.3 Å². The highest BCUT2D eigenvalue weighted by Crippen LogP contribution is 2.07. The largest absolute Gasteiger partial charge is 0.355 e. The van der Waals surface area contributed by atoms with E-state index in [0.717, 1.165) is 6.26 Å². The molecule has 0 spiro atoms. The van der Waals surface area contributed by atoms with E-state index in [1.807, 2.05) is 0 Å². The zero-order chi connectivity index (χ0) is 15.2. The standard InChI is InChI=1S/C13H18N2O4S/c1-3-14-12(16)8-15-13(17)11-6-4-10(5-7-11)9-20(2,18)19/h4-7H,3,8-9H2,1-2H3,(H,14,16)(H,15,17). The molecule has 0 aromatic heterocycles. The Morgan fingerprint density at radius 1 is 1.10 bits per heavy atom. The summed E-state index contributed by atoms with van der Waals surface area (Å²) in [6.45, 7) is 2.22. The van der Waals surface area contributed by atoms with E-state index in [4.69, 9.17) is 0 Å². The Balaban J connectivity index is 2.60. The number of nitrogens with one attached hydrogen (secondary N) is 2. The molecule has 6 nitrogen and oxygen atoms in total. The highest BCUT2D eigenvalue weighted by atomic mass is 32.2. The van der Waals surface area contributed by atoms with Gasteiger partial charge in [-0.2, -0.15) is 0 Å². The normalized spacial score (nSPS) is 10.9. The summed E-state index contributed by atoms with van der Waals surface area (Å²) in [4.78, 5) is 22.9. The maximum Gasteiger partial charge on any atom is 0.251 e. The minimum absolute atomic E-state index is 0.0617. The number of carbonyl (C=O) groups is 2. The molecule has 0 unspecified atom stereocenters. The van der Waals surface area contributed by atoms with E-state index in [0.29, 0.717) is 17.7 Å². The van der Waals surface area contributed by atoms with E-state index < -0.39 is 9.84 Å². The first kappa shape index (κ1) is 16.2. The van der Waals surface area contributed by atoms with Crippen LogP contribution in [0.3, 0.4) is 0 Å². The third-order valence-electron chi connectivity index (χ3n) is 2.43. The maximum atomic E-state index is 11.7. The van der Waals surface area contributed by atoms with Crippen molar-refractivity contribution >= 4 is 21.7 Å². The quantitative estimate of drug-likeness (QED) is 0.779. The van der Waals surface area contributed by atoms with Crippen LogP contribution in [0.1, 0.15) is 22.8 Å². The van der Waals surface area contributed by atoms with Crippen LogP contribution in [0.15, 0.2) is 24.3 Å². The molecule has 0 bridgehead atoms. The number of amides is 2. The summed E-state index contributed by atoms with van der Waals surface area (Å²) in [5, 5.41) is 5.05. The third-order valence-corrected chi connectivity index (χ3v) is 3.29. The lowest BCUT2D eigenvalue weighted by Crippen LogP contribution is -2.36. The van der Waals surface area contributed by atoms with Crippen molar-refractivity contribution in [1.29, 1.82) is 0 Å². The van der Waals surface area contributed by atoms with Crippen molar-refractivity contribution < 1.29 is 18.0 Å². The summed E-state index contributed by atoms with van der Waals surface area (Å²) in [6, 6.07) is 6.24. The van der Waals surface area contributed by atoms with Gasteiger partial charge in [-0.3, -0.25) is 9.59 Å². The van der Waals surface area contributed by atoms with Crippen LogP contribution in [0.2, 0.25) is 0 Å². The van der Waals surface area contributed by atoms with Crippen LogP contribution in [0.25, 0.3) is 0 Å². The summed E-state index contributed by atoms with van der Waals surface area (Å²) in [6.07, 6.45) is 1.15. The molecule has 2 N–H and O–H groups in total. The Hall–Kier alpha value is -1.89. The van der Waals surface area contributed by atoms with Gasteiger partial charge in [0.25, 0.3) is 5.91 Å². The van der Waals surface area contributed by atoms with Gasteiger partial charge in [-0.15, -0.1) is 0 Å². The maximum absolute atomic E-state index is 11.7. The van der Waals surface area contributed by atoms with Crippen LogP contribution >= 0.6 is 0 Å². The number of hydrogen-bond donors (Lipinski definition) is 2. The zero-order valence-electron chi connectivity index (χ0n) is 11.5. The Kier molecular flexibility index (Phi) is 5.69. The highest BCUT2D eigenvalue weighted by Gasteiger charge is 2.09. The predicted molar refractivity (Wildman–Crippen MR) is 76.0 cm³/mol. The van der Waals surface area contributed by atoms with Gasteiger partial charge in [0.05, 0.1) is 12.3 Å². The summed E-state index contributed by atoms with van der Waals surface area (Å²) in [7, 11) is -3.09. The molecule has 1 aromatic carbocycles. The number of sulfone groups is 1. The van der Waals surface area contributed by atoms with E-state index in [2.05, 4.69) is 10.6 Å². The van der Waals surface area contributed by atoms with Gasteiger partial charge >= 0.3 is 0 Å². The van der Waals surface area contributed by atoms with Crippen LogP contribution in [0.4, 0.5) is 0 Å². The van der Waals surface area contributed by atoms with Crippen molar-refractivity contribution in [2.45, 2.75) is 12.7 Å². The first-order valence-electron chi connectivity index (χ1n) is 6.13. The smallest absolute Gasteiger partial charge is 0.251 e. The molecule has 0 heterocycles. The van der Waals surface area contributed by atoms with Crippen LogP contribution in [-0.2, 0) is 20.4 Å². The molecule has 1 aromatic rings. The van der Waals surface area contributed by atoms with Gasteiger partial charge in [0.2, 0.25) is 5.91 Å². The molecule has 7 heteroatoms. The lowest BCUT2D eigenvalue weighted by Gasteiger charge is -2.06. The summed E-state index contributed by atoms with van der Waals surface area (Å²) in [5.41, 5.74) is 0.999. The Bertz CT molecular complexity index is 579. The van der Waals surface area contributed by atoms with Gasteiger partial charge in [0.1, 0.15) is 0 Å². The van der Waals surface area contributed by atoms with Crippen molar-refractivity contribution in [2.24, 2.45) is 0 Å². The van der Waals surface area contributed by atoms with E-state index in [9.17, 15) is 18.0 Å². The SMILES string of the molecule is CCNC(=O)CNC(=O)c1ccc(CS(C)(=O)=O)cc1. The second-order valence-electron chi connectivity index (χ2n) is 4.40. The van der Waals surface area contributed by atoms with E-state index >= 15 is 0 Å². The lowest BCUT2D eigenvalue weighted by atomic mass is 10.1. The first-order chi connectivity index (χ1) is 9.31. The number of rotatable bonds is 6. The Morgan fingerprint density at radius 3 is 2.20 bits per heavy atom. The van der Waals surface area contributed by atoms with Crippen molar-refractivity contribution in [1.82, 2.24) is 10.6 Å². The molecule has 0 aliphatic rings. The predicted octanol–water partition coefficient (Wildman–Crippen LogP) is 0.0971. The fourth-order valence-corrected chi connectivity index (χ4v) is 2.38. The van der Waals surface area contributed by atoms with Crippen molar-refractivity contribution in [3.05, 3.63) is 35.4 Å². The average Bonchev–Trinajstić information content (AvgIpc) is 2.35. The van der Waals surface area contributed by atoms with Crippen molar-refractivity contribution in [3.63, 3.8) is 0 Å². The fraction of sp³-hybridized carbons (Fsp3) is 0.385. The second-order valence-corrected chi connectivity index (χ2v) is 6.54. The van der Waals surface area contributed by atoms with Crippen LogP contribution in [0.5, 0.6) is 0 Å². The van der Waals surface area contributed by atoms with Gasteiger partial charge in [-0.25, -0.2) is 8.42 Å². The Labute approximate surface area is 118 Å². The second kappa shape index (κ2) is 7.04. The molecule has 110 valence electrons. The van der Waals surface area contributed by atoms with Crippen molar-refractivity contribution in [3.8, 4) is 0 Å². The van der Waals surface area contributed by atoms with E-state index in [1.165, 1.54) is 12.1 Å². The minimum atomic E-state index is -3.09. The number of hydrogen-bond acceptors (Lipinski definition) is 4. The van der Waals surface area contributed by atoms with Crippen LogP contribution < -0.4 is 10.6 Å². The van der Waals surface area contributed by atoms with Gasteiger partial charge in [-0.1, -0.05) is 12.1 Å². The van der Waals surface area contributed by atoms with Gasteiger partial charge in [0, 0.05) is 18.4 Å². The van der Waals surface area contributed by atoms with Gasteiger partial charge in [0.15, 0.2) is 9.84 Å². The summed E-state index contributed by atoms with van der Waals surface area (Å²) in [5.74, 6) is -0.690. The molecule has 0 saturated heterocycles. The minimum Gasteiger partial charge on any atom is -0.355 e. The molecular formula is C13H18N2O4S. The van der Waals surface area contributed by atoms with E-state index in [1.54, 1.807) is 19.1 Å². The molecule has 0 aliphatic heterocycles. The van der Waals surface area contributed by atoms with Gasteiger partial charge < -0.3 is 10.6 Å². The molecule has 0 saturated carbocycles. The molecule has 0 aliphatic carbocycles. The third kappa shape index (κ3) is 5.83. The highest BCUT2D eigenvalue weighted by molar-refractivity contribution is 7.89. The monoisotopic (exact) mass is 298 g/mol. The first-order valence-corrected chi connectivity index (χ1v) is 8.19. The Morgan fingerprint density at radius 2 is 1.70 bits per heavy atom. The molecule has 0 fully saturated rings. The molecule has 0 atom stereocenters. The van der Waals surface area contributed by atoms with Crippen LogP contribution in [-0.4, -0.2) is 39.6 Å². The molecular weight excluding hydrogens is 280 g/mol. The molecule has 0 radical (unpaired) electrons.